The number of alkyl halides is 1. The number of carbonyl (C=O) groups is 8. The Labute approximate surface area is 509 Å². The number of alkyl carbamates (subject to hydrolysis) is 1. The van der Waals surface area contributed by atoms with Gasteiger partial charge in [0.25, 0.3) is 0 Å². The van der Waals surface area contributed by atoms with E-state index in [0.717, 1.165) is 11.1 Å². The number of carbonyl (C=O) groups excluding carboxylic acids is 8. The lowest BCUT2D eigenvalue weighted by molar-refractivity contribution is -0.152. The number of hydrogen-bond acceptors (Lipinski definition) is 16. The van der Waals surface area contributed by atoms with E-state index in [9.17, 15) is 43.5 Å². The molecule has 0 radical (unpaired) electrons. The summed E-state index contributed by atoms with van der Waals surface area (Å²) in [4.78, 5) is 108. The highest BCUT2D eigenvalue weighted by atomic mass is 79.9. The Bertz CT molecular complexity index is 2870. The van der Waals surface area contributed by atoms with Crippen LogP contribution in [-0.4, -0.2) is 147 Å². The van der Waals surface area contributed by atoms with Crippen molar-refractivity contribution >= 4 is 92.4 Å². The molecule has 3 aliphatic rings. The standard InChI is InChI=1S/C59H82BrClN8O16/c1-32(2)49(67-46(70)20-13-14-23-57(6,7)85-53(74)34(4)31-60)52(73)65-39(18-16-24-63-54(62)75)51(72)64-37-21-22-38(41(28-37)79-10)66-55(76)83-45-29-47(71)69(9)40-26-36(27-42(80-11)48(40)61)25-33(3)17-15-19-44(81-12)59(78)30-43(82-56(77)68-59)35(5)50-58(45,8)84-50/h15,17,19,21-22,26-28,32,35,39,43-45,49-50,78H,4,13-14,16,18,20,23-25,29-31H2,1-3,5-12H3,(H,64,72)(H,65,73)(H,66,76)(H,67,70)(H,68,77)(H3,62,63,75)/b19-15+,33-17+/t35-,39+,43+,44-,45+,49+,50+,58+,59+/m1/s1. The Kier molecular flexibility index (Phi) is 24.6. The molecule has 5 rings (SSSR count). The molecule has 0 aliphatic carbocycles. The third-order valence-electron chi connectivity index (χ3n) is 15.0. The van der Waals surface area contributed by atoms with E-state index in [1.807, 2.05) is 13.0 Å². The van der Waals surface area contributed by atoms with Gasteiger partial charge in [-0.1, -0.05) is 78.7 Å². The smallest absolute Gasteiger partial charge is 0.412 e. The molecule has 85 heavy (non-hydrogen) atoms. The van der Waals surface area contributed by atoms with Gasteiger partial charge in [-0.3, -0.25) is 29.8 Å². The SMILES string of the molecule is C=C(CBr)C(=O)OC(C)(C)CCCCC(=O)N[C@H](C(=O)N[C@@H](CCCNC(N)=O)C(=O)Nc1ccc(NC(=O)O[C@H]2CC(=O)N(C)c3cc(cc(OC)c3Cl)C/C(C)=C/C=C/[C@@H](OC)[C@@]3(O)C[C@H](OC(=O)N3)[C@@H](C)[C@@H]3O[C@@]23C)c(OC)c1)C(C)C. The Morgan fingerprint density at radius 1 is 1.01 bits per heavy atom. The van der Waals surface area contributed by atoms with Crippen molar-refractivity contribution in [1.29, 1.82) is 0 Å². The molecule has 9 atom stereocenters. The van der Waals surface area contributed by atoms with Gasteiger partial charge in [-0.15, -0.1) is 0 Å². The monoisotopic (exact) mass is 1270 g/mol. The van der Waals surface area contributed by atoms with Gasteiger partial charge in [0.1, 0.15) is 58.1 Å². The number of anilines is 3. The minimum atomic E-state index is -1.91. The third kappa shape index (κ3) is 19.0. The molecule has 8 amide bonds. The molecule has 468 valence electrons. The zero-order chi connectivity index (χ0) is 63.1. The zero-order valence-corrected chi connectivity index (χ0v) is 52.4. The Balaban J connectivity index is 1.34. The average Bonchev–Trinajstić information content (AvgIpc) is 2.14. The van der Waals surface area contributed by atoms with Crippen molar-refractivity contribution < 1.29 is 76.6 Å². The maximum Gasteiger partial charge on any atom is 0.412 e. The van der Waals surface area contributed by atoms with Crippen LogP contribution in [0.2, 0.25) is 5.02 Å². The summed E-state index contributed by atoms with van der Waals surface area (Å²) in [6, 6.07) is 4.81. The number of urea groups is 1. The van der Waals surface area contributed by atoms with Crippen molar-refractivity contribution in [2.24, 2.45) is 17.6 Å². The number of nitrogens with one attached hydrogen (secondary N) is 6. The lowest BCUT2D eigenvalue weighted by Gasteiger charge is -2.42. The van der Waals surface area contributed by atoms with Crippen LogP contribution in [0.4, 0.5) is 31.4 Å². The van der Waals surface area contributed by atoms with E-state index in [4.69, 9.17) is 50.5 Å². The average molecular weight is 1270 g/mol. The largest absolute Gasteiger partial charge is 0.495 e. The minimum absolute atomic E-state index is 0.0341. The second kappa shape index (κ2) is 30.4. The highest BCUT2D eigenvalue weighted by Gasteiger charge is 2.64. The Hall–Kier alpha value is -6.93. The van der Waals surface area contributed by atoms with Crippen molar-refractivity contribution in [2.75, 3.05) is 55.8 Å². The molecule has 24 nitrogen and oxygen atoms in total. The molecule has 2 aromatic rings. The maximum absolute atomic E-state index is 14.5. The first-order chi connectivity index (χ1) is 40.0. The summed E-state index contributed by atoms with van der Waals surface area (Å²) >= 11 is 10.0. The number of nitrogens with zero attached hydrogens (tertiary/aromatic N) is 1. The first-order valence-corrected chi connectivity index (χ1v) is 29.4. The molecule has 4 bridgehead atoms. The van der Waals surface area contributed by atoms with E-state index in [2.05, 4.69) is 54.4 Å². The van der Waals surface area contributed by atoms with Gasteiger partial charge in [-0.2, -0.15) is 0 Å². The van der Waals surface area contributed by atoms with Crippen molar-refractivity contribution in [3.63, 3.8) is 0 Å². The molecule has 0 aromatic heterocycles. The molecule has 0 unspecified atom stereocenters. The lowest BCUT2D eigenvalue weighted by atomic mass is 9.83. The van der Waals surface area contributed by atoms with Gasteiger partial charge in [-0.25, -0.2) is 19.2 Å². The number of allylic oxidation sites excluding steroid dienone is 3. The van der Waals surface area contributed by atoms with Crippen LogP contribution in [0.15, 0.2) is 66.3 Å². The van der Waals surface area contributed by atoms with Crippen LogP contribution in [0.5, 0.6) is 11.5 Å². The van der Waals surface area contributed by atoms with Crippen LogP contribution < -0.4 is 52.0 Å². The van der Waals surface area contributed by atoms with Crippen molar-refractivity contribution in [2.45, 2.75) is 160 Å². The van der Waals surface area contributed by atoms with Crippen molar-refractivity contribution in [1.82, 2.24) is 21.3 Å². The maximum atomic E-state index is 14.5. The summed E-state index contributed by atoms with van der Waals surface area (Å²) in [6.45, 7) is 16.1. The molecule has 9 N–H and O–H groups in total. The highest BCUT2D eigenvalue weighted by molar-refractivity contribution is 9.09. The van der Waals surface area contributed by atoms with Crippen LogP contribution in [-0.2, 0) is 54.1 Å². The topological polar surface area (TPSA) is 326 Å². The second-order valence-corrected chi connectivity index (χ2v) is 23.5. The van der Waals surface area contributed by atoms with Gasteiger partial charge in [0.15, 0.2) is 5.72 Å². The number of fused-ring (bicyclic) bond motifs is 5. The molecule has 0 saturated carbocycles. The van der Waals surface area contributed by atoms with Crippen LogP contribution in [0.1, 0.15) is 105 Å². The summed E-state index contributed by atoms with van der Waals surface area (Å²) in [6.07, 6.45) is 0.808. The van der Waals surface area contributed by atoms with Crippen molar-refractivity contribution in [3.05, 3.63) is 76.9 Å². The number of primary amides is 1. The van der Waals surface area contributed by atoms with E-state index < -0.39 is 119 Å². The fourth-order valence-electron chi connectivity index (χ4n) is 10.1. The van der Waals surface area contributed by atoms with E-state index in [1.165, 1.54) is 51.5 Å². The number of epoxide rings is 1. The first-order valence-electron chi connectivity index (χ1n) is 27.9. The van der Waals surface area contributed by atoms with E-state index in [-0.39, 0.29) is 65.3 Å². The van der Waals surface area contributed by atoms with E-state index in [0.29, 0.717) is 37.1 Å². The first kappa shape index (κ1) is 68.8. The van der Waals surface area contributed by atoms with Gasteiger partial charge >= 0.3 is 24.2 Å². The number of esters is 1. The van der Waals surface area contributed by atoms with Gasteiger partial charge in [-0.05, 0) is 102 Å². The molecule has 3 heterocycles. The number of methoxy groups -OCH3 is 3. The number of benzene rings is 2. The van der Waals surface area contributed by atoms with Gasteiger partial charge in [0.05, 0.1) is 38.1 Å². The van der Waals surface area contributed by atoms with Crippen LogP contribution >= 0.6 is 27.5 Å². The van der Waals surface area contributed by atoms with Gasteiger partial charge in [0, 0.05) is 62.1 Å². The predicted molar refractivity (Wildman–Crippen MR) is 321 cm³/mol. The van der Waals surface area contributed by atoms with Crippen molar-refractivity contribution in [3.8, 4) is 11.5 Å². The second-order valence-electron chi connectivity index (χ2n) is 22.6. The number of halogens is 2. The molecule has 3 aliphatic heterocycles. The predicted octanol–water partition coefficient (Wildman–Crippen LogP) is 7.23. The number of rotatable bonds is 23. The highest BCUT2D eigenvalue weighted by Crippen LogP contribution is 2.49. The zero-order valence-electron chi connectivity index (χ0n) is 50.1. The van der Waals surface area contributed by atoms with Gasteiger partial charge in [0.2, 0.25) is 23.6 Å². The molecular formula is C59H82BrClN8O16. The number of hydrogen-bond donors (Lipinski definition) is 8. The summed E-state index contributed by atoms with van der Waals surface area (Å²) in [5.74, 6) is -3.40. The quantitative estimate of drug-likeness (QED) is 0.0136. The lowest BCUT2D eigenvalue weighted by Crippen LogP contribution is -2.63. The normalized spacial score (nSPS) is 24.1. The molecule has 2 fully saturated rings. The minimum Gasteiger partial charge on any atom is -0.495 e. The summed E-state index contributed by atoms with van der Waals surface area (Å²) < 4.78 is 40.6. The fraction of sp³-hybridized carbons (Fsp3) is 0.559. The van der Waals surface area contributed by atoms with Crippen LogP contribution in [0, 0.1) is 11.8 Å². The number of nitrogens with two attached hydrogens (primary N) is 1. The van der Waals surface area contributed by atoms with Crippen LogP contribution in [0.3, 0.4) is 0 Å². The summed E-state index contributed by atoms with van der Waals surface area (Å²) in [5.41, 5.74) is 3.69. The number of ether oxygens (including phenoxy) is 7. The number of aliphatic hydroxyl groups is 1. The molecule has 0 spiro atoms. The Morgan fingerprint density at radius 3 is 2.36 bits per heavy atom. The number of unbranched alkanes of at least 4 members (excludes halogenated alkanes) is 1. The third-order valence-corrected chi connectivity index (χ3v) is 16.1. The number of amides is 8. The van der Waals surface area contributed by atoms with Gasteiger partial charge < -0.3 is 70.2 Å². The fourth-order valence-corrected chi connectivity index (χ4v) is 10.6. The van der Waals surface area contributed by atoms with E-state index in [1.54, 1.807) is 65.8 Å². The molecule has 26 heteroatoms. The molecule has 2 saturated heterocycles. The Morgan fingerprint density at radius 2 is 1.72 bits per heavy atom. The molecule has 2 aromatic carbocycles. The molecular weight excluding hydrogens is 1190 g/mol. The summed E-state index contributed by atoms with van der Waals surface area (Å²) in [7, 11) is 5.71. The summed E-state index contributed by atoms with van der Waals surface area (Å²) in [5, 5.41) is 28.3. The van der Waals surface area contributed by atoms with E-state index >= 15 is 0 Å². The van der Waals surface area contributed by atoms with Crippen LogP contribution in [0.25, 0.3) is 0 Å².